The maximum atomic E-state index is 11.9. The standard InChI is InChI=1S/C15H20N2O3S/c1-10-4-6-11(7-5-10)17-13(18)9-21-14-12(15(19)20)3-2-8-16-14/h2-3,8,10-11H,4-7,9H2,1H3,(H,17,18)(H,19,20). The lowest BCUT2D eigenvalue weighted by atomic mass is 9.87. The van der Waals surface area contributed by atoms with E-state index in [2.05, 4.69) is 17.2 Å². The van der Waals surface area contributed by atoms with Gasteiger partial charge in [-0.1, -0.05) is 18.7 Å². The molecular formula is C15H20N2O3S. The number of thioether (sulfide) groups is 1. The van der Waals surface area contributed by atoms with Crippen molar-refractivity contribution in [1.82, 2.24) is 10.3 Å². The Morgan fingerprint density at radius 3 is 2.76 bits per heavy atom. The zero-order valence-electron chi connectivity index (χ0n) is 12.0. The fourth-order valence-electron chi connectivity index (χ4n) is 2.48. The maximum Gasteiger partial charge on any atom is 0.338 e. The Hall–Kier alpha value is -1.56. The van der Waals surface area contributed by atoms with Gasteiger partial charge in [-0.25, -0.2) is 9.78 Å². The molecule has 0 saturated heterocycles. The van der Waals surface area contributed by atoms with Crippen molar-refractivity contribution in [2.45, 2.75) is 43.7 Å². The molecule has 6 heteroatoms. The van der Waals surface area contributed by atoms with Crippen LogP contribution in [0.4, 0.5) is 0 Å². The highest BCUT2D eigenvalue weighted by atomic mass is 32.2. The van der Waals surface area contributed by atoms with Crippen LogP contribution in [0.1, 0.15) is 43.0 Å². The summed E-state index contributed by atoms with van der Waals surface area (Å²) in [7, 11) is 0. The number of amides is 1. The molecule has 1 heterocycles. The van der Waals surface area contributed by atoms with Crippen LogP contribution in [0.25, 0.3) is 0 Å². The van der Waals surface area contributed by atoms with Gasteiger partial charge in [0.25, 0.3) is 0 Å². The van der Waals surface area contributed by atoms with Gasteiger partial charge >= 0.3 is 5.97 Å². The second-order valence-electron chi connectivity index (χ2n) is 5.47. The van der Waals surface area contributed by atoms with E-state index in [1.54, 1.807) is 6.07 Å². The Kier molecular flexibility index (Phi) is 5.61. The molecule has 1 amide bonds. The fraction of sp³-hybridized carbons (Fsp3) is 0.533. The number of hydrogen-bond donors (Lipinski definition) is 2. The molecule has 2 N–H and O–H groups in total. The number of carboxylic acids is 1. The lowest BCUT2D eigenvalue weighted by Crippen LogP contribution is -2.38. The number of aromatic carboxylic acids is 1. The van der Waals surface area contributed by atoms with Gasteiger partial charge in [0, 0.05) is 12.2 Å². The van der Waals surface area contributed by atoms with Gasteiger partial charge < -0.3 is 10.4 Å². The largest absolute Gasteiger partial charge is 0.478 e. The Morgan fingerprint density at radius 2 is 2.10 bits per heavy atom. The highest BCUT2D eigenvalue weighted by Crippen LogP contribution is 2.24. The maximum absolute atomic E-state index is 11.9. The lowest BCUT2D eigenvalue weighted by molar-refractivity contribution is -0.119. The van der Waals surface area contributed by atoms with Gasteiger partial charge in [-0.15, -0.1) is 0 Å². The van der Waals surface area contributed by atoms with E-state index in [1.807, 2.05) is 0 Å². The van der Waals surface area contributed by atoms with Gasteiger partial charge in [0.05, 0.1) is 11.3 Å². The van der Waals surface area contributed by atoms with Crippen LogP contribution in [-0.4, -0.2) is 33.8 Å². The van der Waals surface area contributed by atoms with Crippen LogP contribution in [-0.2, 0) is 4.79 Å². The molecule has 1 fully saturated rings. The molecule has 0 aliphatic heterocycles. The first kappa shape index (κ1) is 15.8. The summed E-state index contributed by atoms with van der Waals surface area (Å²) < 4.78 is 0. The Balaban J connectivity index is 1.83. The third-order valence-electron chi connectivity index (χ3n) is 3.72. The number of rotatable bonds is 5. The topological polar surface area (TPSA) is 79.3 Å². The van der Waals surface area contributed by atoms with Crippen LogP contribution in [0.15, 0.2) is 23.4 Å². The van der Waals surface area contributed by atoms with Crippen molar-refractivity contribution in [1.29, 1.82) is 0 Å². The number of aromatic nitrogens is 1. The number of carbonyl (C=O) groups is 2. The Labute approximate surface area is 128 Å². The number of pyridine rings is 1. The molecular weight excluding hydrogens is 288 g/mol. The minimum absolute atomic E-state index is 0.0541. The molecule has 0 radical (unpaired) electrons. The van der Waals surface area contributed by atoms with E-state index in [1.165, 1.54) is 24.0 Å². The van der Waals surface area contributed by atoms with E-state index in [-0.39, 0.29) is 23.3 Å². The molecule has 1 aliphatic rings. The third-order valence-corrected chi connectivity index (χ3v) is 4.73. The summed E-state index contributed by atoms with van der Waals surface area (Å²) >= 11 is 1.17. The first-order valence-electron chi connectivity index (χ1n) is 7.16. The molecule has 0 unspecified atom stereocenters. The van der Waals surface area contributed by atoms with Crippen molar-refractivity contribution < 1.29 is 14.7 Å². The molecule has 1 saturated carbocycles. The molecule has 114 valence electrons. The van der Waals surface area contributed by atoms with Crippen LogP contribution < -0.4 is 5.32 Å². The van der Waals surface area contributed by atoms with E-state index in [0.29, 0.717) is 5.03 Å². The molecule has 0 atom stereocenters. The molecule has 0 bridgehead atoms. The predicted octanol–water partition coefficient (Wildman–Crippen LogP) is 2.57. The van der Waals surface area contributed by atoms with Gasteiger partial charge in [0.2, 0.25) is 5.91 Å². The van der Waals surface area contributed by atoms with Crippen LogP contribution in [0, 0.1) is 5.92 Å². The molecule has 1 aliphatic carbocycles. The van der Waals surface area contributed by atoms with Gasteiger partial charge in [-0.3, -0.25) is 4.79 Å². The SMILES string of the molecule is CC1CCC(NC(=O)CSc2ncccc2C(=O)O)CC1. The highest BCUT2D eigenvalue weighted by Gasteiger charge is 2.20. The molecule has 21 heavy (non-hydrogen) atoms. The van der Waals surface area contributed by atoms with Gasteiger partial charge in [-0.2, -0.15) is 0 Å². The first-order chi connectivity index (χ1) is 10.1. The minimum Gasteiger partial charge on any atom is -0.478 e. The summed E-state index contributed by atoms with van der Waals surface area (Å²) in [6, 6.07) is 3.34. The average molecular weight is 308 g/mol. The zero-order valence-corrected chi connectivity index (χ0v) is 12.9. The average Bonchev–Trinajstić information content (AvgIpc) is 2.48. The van der Waals surface area contributed by atoms with Crippen LogP contribution in [0.3, 0.4) is 0 Å². The number of carboxylic acid groups (broad SMARTS) is 1. The summed E-state index contributed by atoms with van der Waals surface area (Å²) in [4.78, 5) is 27.0. The number of hydrogen-bond acceptors (Lipinski definition) is 4. The third kappa shape index (κ3) is 4.74. The van der Waals surface area contributed by atoms with Crippen molar-refractivity contribution >= 4 is 23.6 Å². The Bertz CT molecular complexity index is 513. The summed E-state index contributed by atoms with van der Waals surface area (Å²) in [6.07, 6.45) is 5.90. The van der Waals surface area contributed by atoms with Crippen molar-refractivity contribution in [2.75, 3.05) is 5.75 Å². The number of nitrogens with one attached hydrogen (secondary N) is 1. The van der Waals surface area contributed by atoms with E-state index >= 15 is 0 Å². The summed E-state index contributed by atoms with van der Waals surface area (Å²) in [5, 5.41) is 12.5. The van der Waals surface area contributed by atoms with E-state index in [9.17, 15) is 9.59 Å². The van der Waals surface area contributed by atoms with Gasteiger partial charge in [0.1, 0.15) is 5.03 Å². The van der Waals surface area contributed by atoms with Crippen molar-refractivity contribution in [3.63, 3.8) is 0 Å². The van der Waals surface area contributed by atoms with Crippen molar-refractivity contribution in [2.24, 2.45) is 5.92 Å². The molecule has 1 aromatic heterocycles. The second-order valence-corrected chi connectivity index (χ2v) is 6.44. The molecule has 2 rings (SSSR count). The van der Waals surface area contributed by atoms with Gasteiger partial charge in [0.15, 0.2) is 0 Å². The quantitative estimate of drug-likeness (QED) is 0.817. The smallest absolute Gasteiger partial charge is 0.338 e. The zero-order chi connectivity index (χ0) is 15.2. The second kappa shape index (κ2) is 7.45. The fourth-order valence-corrected chi connectivity index (χ4v) is 3.27. The Morgan fingerprint density at radius 1 is 1.38 bits per heavy atom. The monoisotopic (exact) mass is 308 g/mol. The minimum atomic E-state index is -1.02. The summed E-state index contributed by atoms with van der Waals surface area (Å²) in [5.41, 5.74) is 0.141. The highest BCUT2D eigenvalue weighted by molar-refractivity contribution is 8.00. The van der Waals surface area contributed by atoms with E-state index in [0.717, 1.165) is 31.6 Å². The van der Waals surface area contributed by atoms with E-state index in [4.69, 9.17) is 5.11 Å². The number of carbonyl (C=O) groups excluding carboxylic acids is 1. The lowest BCUT2D eigenvalue weighted by Gasteiger charge is -2.26. The summed E-state index contributed by atoms with van der Waals surface area (Å²) in [5.74, 6) is -0.128. The first-order valence-corrected chi connectivity index (χ1v) is 8.15. The van der Waals surface area contributed by atoms with Crippen LogP contribution in [0.2, 0.25) is 0 Å². The molecule has 5 nitrogen and oxygen atoms in total. The van der Waals surface area contributed by atoms with Crippen LogP contribution in [0.5, 0.6) is 0 Å². The van der Waals surface area contributed by atoms with Crippen molar-refractivity contribution in [3.05, 3.63) is 23.9 Å². The molecule has 0 spiro atoms. The van der Waals surface area contributed by atoms with Gasteiger partial charge in [-0.05, 0) is 43.7 Å². The van der Waals surface area contributed by atoms with E-state index < -0.39 is 5.97 Å². The molecule has 1 aromatic rings. The number of nitrogens with zero attached hydrogens (tertiary/aromatic N) is 1. The molecule has 0 aromatic carbocycles. The van der Waals surface area contributed by atoms with Crippen LogP contribution >= 0.6 is 11.8 Å². The normalized spacial score (nSPS) is 21.8. The predicted molar refractivity (Wildman–Crippen MR) is 81.5 cm³/mol. The summed E-state index contributed by atoms with van der Waals surface area (Å²) in [6.45, 7) is 2.24. The van der Waals surface area contributed by atoms with Crippen molar-refractivity contribution in [3.8, 4) is 0 Å².